The summed E-state index contributed by atoms with van der Waals surface area (Å²) >= 11 is 0. The van der Waals surface area contributed by atoms with E-state index in [4.69, 9.17) is 10.2 Å². The minimum Gasteiger partial charge on any atom is -0.395 e. The summed E-state index contributed by atoms with van der Waals surface area (Å²) in [6, 6.07) is 9.36. The molecular formula is C13H20N2O3. The summed E-state index contributed by atoms with van der Waals surface area (Å²) in [5.74, 6) is -0.0666. The zero-order valence-corrected chi connectivity index (χ0v) is 10.6. The molecular weight excluding hydrogens is 232 g/mol. The van der Waals surface area contributed by atoms with Crippen molar-refractivity contribution in [3.63, 3.8) is 0 Å². The van der Waals surface area contributed by atoms with E-state index in [1.807, 2.05) is 30.3 Å². The fraction of sp³-hybridized carbons (Fsp3) is 0.462. The molecule has 0 unspecified atom stereocenters. The van der Waals surface area contributed by atoms with Crippen LogP contribution in [0.3, 0.4) is 0 Å². The minimum atomic E-state index is -0.0666. The molecule has 5 heteroatoms. The Balaban J connectivity index is 2.58. The maximum absolute atomic E-state index is 12.0. The molecule has 0 aliphatic rings. The van der Waals surface area contributed by atoms with E-state index in [2.05, 4.69) is 0 Å². The first-order valence-electron chi connectivity index (χ1n) is 5.94. The maximum atomic E-state index is 12.0. The van der Waals surface area contributed by atoms with Crippen LogP contribution in [0, 0.1) is 0 Å². The van der Waals surface area contributed by atoms with E-state index < -0.39 is 0 Å². The van der Waals surface area contributed by atoms with Crippen molar-refractivity contribution in [3.05, 3.63) is 30.3 Å². The molecule has 0 bridgehead atoms. The average Bonchev–Trinajstić information content (AvgIpc) is 2.39. The lowest BCUT2D eigenvalue weighted by Crippen LogP contribution is -2.40. The molecule has 100 valence electrons. The fourth-order valence-corrected chi connectivity index (χ4v) is 1.65. The molecule has 0 radical (unpaired) electrons. The van der Waals surface area contributed by atoms with E-state index >= 15 is 0 Å². The number of carbonyl (C=O) groups is 1. The largest absolute Gasteiger partial charge is 0.395 e. The Hall–Kier alpha value is -1.43. The first-order chi connectivity index (χ1) is 8.69. The van der Waals surface area contributed by atoms with Crippen LogP contribution in [0.5, 0.6) is 0 Å². The van der Waals surface area contributed by atoms with E-state index in [0.717, 1.165) is 5.69 Å². The molecule has 0 saturated heterocycles. The molecule has 0 aliphatic heterocycles. The summed E-state index contributed by atoms with van der Waals surface area (Å²) in [6.07, 6.45) is 0. The number of hydrogen-bond donors (Lipinski definition) is 2. The number of anilines is 1. The van der Waals surface area contributed by atoms with E-state index in [1.54, 1.807) is 16.8 Å². The van der Waals surface area contributed by atoms with Gasteiger partial charge in [0.2, 0.25) is 5.91 Å². The summed E-state index contributed by atoms with van der Waals surface area (Å²) in [5, 5.41) is 17.8. The third-order valence-corrected chi connectivity index (χ3v) is 2.71. The number of hydrogen-bond acceptors (Lipinski definition) is 4. The third-order valence-electron chi connectivity index (χ3n) is 2.71. The van der Waals surface area contributed by atoms with Crippen molar-refractivity contribution in [2.75, 3.05) is 44.8 Å². The van der Waals surface area contributed by atoms with Gasteiger partial charge in [-0.3, -0.25) is 9.69 Å². The predicted molar refractivity (Wildman–Crippen MR) is 70.5 cm³/mol. The Labute approximate surface area is 107 Å². The van der Waals surface area contributed by atoms with Crippen molar-refractivity contribution < 1.29 is 15.0 Å². The summed E-state index contributed by atoms with van der Waals surface area (Å²) in [7, 11) is 1.72. The highest BCUT2D eigenvalue weighted by molar-refractivity contribution is 5.94. The van der Waals surface area contributed by atoms with Crippen LogP contribution in [-0.2, 0) is 4.79 Å². The summed E-state index contributed by atoms with van der Waals surface area (Å²) in [4.78, 5) is 15.3. The van der Waals surface area contributed by atoms with E-state index in [9.17, 15) is 4.79 Å². The summed E-state index contributed by atoms with van der Waals surface area (Å²) in [6.45, 7) is 0.904. The van der Waals surface area contributed by atoms with Gasteiger partial charge < -0.3 is 15.1 Å². The van der Waals surface area contributed by atoms with Crippen molar-refractivity contribution in [3.8, 4) is 0 Å². The van der Waals surface area contributed by atoms with E-state index in [1.165, 1.54) is 0 Å². The van der Waals surface area contributed by atoms with Crippen LogP contribution in [0.2, 0.25) is 0 Å². The molecule has 0 spiro atoms. The van der Waals surface area contributed by atoms with Crippen molar-refractivity contribution >= 4 is 11.6 Å². The highest BCUT2D eigenvalue weighted by Crippen LogP contribution is 2.11. The molecule has 0 atom stereocenters. The van der Waals surface area contributed by atoms with Gasteiger partial charge in [0.1, 0.15) is 0 Å². The molecule has 0 heterocycles. The number of para-hydroxylation sites is 1. The van der Waals surface area contributed by atoms with Crippen LogP contribution >= 0.6 is 0 Å². The predicted octanol–water partition coefficient (Wildman–Crippen LogP) is -0.0640. The molecule has 0 aliphatic carbocycles. The lowest BCUT2D eigenvalue weighted by molar-refractivity contribution is -0.119. The first-order valence-corrected chi connectivity index (χ1v) is 5.94. The smallest absolute Gasteiger partial charge is 0.240 e. The molecule has 1 amide bonds. The Bertz CT molecular complexity index is 351. The Kier molecular flexibility index (Phi) is 6.35. The SMILES string of the molecule is CN(C(=O)CN(CCO)CCO)c1ccccc1. The monoisotopic (exact) mass is 252 g/mol. The topological polar surface area (TPSA) is 64.0 Å². The van der Waals surface area contributed by atoms with Gasteiger partial charge in [-0.15, -0.1) is 0 Å². The lowest BCUT2D eigenvalue weighted by atomic mass is 10.3. The summed E-state index contributed by atoms with van der Waals surface area (Å²) < 4.78 is 0. The van der Waals surface area contributed by atoms with Crippen molar-refractivity contribution in [1.29, 1.82) is 0 Å². The standard InChI is InChI=1S/C13H20N2O3/c1-14(12-5-3-2-4-6-12)13(18)11-15(7-9-16)8-10-17/h2-6,16-17H,7-11H2,1H3. The van der Waals surface area contributed by atoms with Gasteiger partial charge in [-0.2, -0.15) is 0 Å². The van der Waals surface area contributed by atoms with Crippen LogP contribution in [0.15, 0.2) is 30.3 Å². The average molecular weight is 252 g/mol. The second-order valence-corrected chi connectivity index (χ2v) is 4.01. The third kappa shape index (κ3) is 4.44. The van der Waals surface area contributed by atoms with Gasteiger partial charge in [-0.25, -0.2) is 0 Å². The molecule has 0 aromatic heterocycles. The second kappa shape index (κ2) is 7.81. The van der Waals surface area contributed by atoms with Gasteiger partial charge in [0.25, 0.3) is 0 Å². The zero-order chi connectivity index (χ0) is 13.4. The van der Waals surface area contributed by atoms with Crippen LogP contribution in [-0.4, -0.2) is 60.9 Å². The van der Waals surface area contributed by atoms with Crippen molar-refractivity contribution in [2.24, 2.45) is 0 Å². The number of amides is 1. The van der Waals surface area contributed by atoms with Crippen LogP contribution < -0.4 is 4.90 Å². The lowest BCUT2D eigenvalue weighted by Gasteiger charge is -2.23. The van der Waals surface area contributed by atoms with Crippen LogP contribution in [0.1, 0.15) is 0 Å². The maximum Gasteiger partial charge on any atom is 0.240 e. The number of likely N-dealkylation sites (N-methyl/N-ethyl adjacent to an activating group) is 1. The Morgan fingerprint density at radius 2 is 1.67 bits per heavy atom. The quantitative estimate of drug-likeness (QED) is 0.713. The van der Waals surface area contributed by atoms with Gasteiger partial charge >= 0.3 is 0 Å². The number of nitrogens with zero attached hydrogens (tertiary/aromatic N) is 2. The highest BCUT2D eigenvalue weighted by Gasteiger charge is 2.14. The molecule has 0 saturated carbocycles. The number of benzene rings is 1. The van der Waals surface area contributed by atoms with Gasteiger partial charge in [-0.1, -0.05) is 18.2 Å². The number of carbonyl (C=O) groups excluding carboxylic acids is 1. The summed E-state index contributed by atoms with van der Waals surface area (Å²) in [5.41, 5.74) is 0.829. The zero-order valence-electron chi connectivity index (χ0n) is 10.6. The molecule has 1 rings (SSSR count). The number of aliphatic hydroxyl groups excluding tert-OH is 2. The Morgan fingerprint density at radius 3 is 2.17 bits per heavy atom. The Morgan fingerprint density at radius 1 is 1.11 bits per heavy atom. The number of aliphatic hydroxyl groups is 2. The normalized spacial score (nSPS) is 10.7. The van der Waals surface area contributed by atoms with Gasteiger partial charge in [0.15, 0.2) is 0 Å². The van der Waals surface area contributed by atoms with Gasteiger partial charge in [0.05, 0.1) is 19.8 Å². The molecule has 1 aromatic carbocycles. The molecule has 18 heavy (non-hydrogen) atoms. The first kappa shape index (κ1) is 14.6. The molecule has 5 nitrogen and oxygen atoms in total. The highest BCUT2D eigenvalue weighted by atomic mass is 16.3. The van der Waals surface area contributed by atoms with Crippen LogP contribution in [0.25, 0.3) is 0 Å². The molecule has 0 fully saturated rings. The van der Waals surface area contributed by atoms with Crippen molar-refractivity contribution in [1.82, 2.24) is 4.90 Å². The fourth-order valence-electron chi connectivity index (χ4n) is 1.65. The van der Waals surface area contributed by atoms with E-state index in [-0.39, 0.29) is 25.7 Å². The van der Waals surface area contributed by atoms with Crippen LogP contribution in [0.4, 0.5) is 5.69 Å². The molecule has 1 aromatic rings. The van der Waals surface area contributed by atoms with Gasteiger partial charge in [-0.05, 0) is 12.1 Å². The van der Waals surface area contributed by atoms with Crippen molar-refractivity contribution in [2.45, 2.75) is 0 Å². The molecule has 2 N–H and O–H groups in total. The van der Waals surface area contributed by atoms with E-state index in [0.29, 0.717) is 13.1 Å². The number of rotatable bonds is 7. The second-order valence-electron chi connectivity index (χ2n) is 4.01. The minimum absolute atomic E-state index is 0.0255. The van der Waals surface area contributed by atoms with Gasteiger partial charge in [0, 0.05) is 25.8 Å².